The van der Waals surface area contributed by atoms with Crippen LogP contribution in [0.2, 0.25) is 5.02 Å². The highest BCUT2D eigenvalue weighted by atomic mass is 35.5. The number of carbonyl (C=O) groups is 1. The highest BCUT2D eigenvalue weighted by Gasteiger charge is 2.40. The van der Waals surface area contributed by atoms with Crippen LogP contribution >= 0.6 is 11.6 Å². The molecule has 3 rings (SSSR count). The van der Waals surface area contributed by atoms with Crippen LogP contribution in [0.5, 0.6) is 0 Å². The van der Waals surface area contributed by atoms with Crippen LogP contribution < -0.4 is 10.6 Å². The summed E-state index contributed by atoms with van der Waals surface area (Å²) in [6.07, 6.45) is -7.63. The smallest absolute Gasteiger partial charge is 0.368 e. The van der Waals surface area contributed by atoms with Crippen molar-refractivity contribution in [3.8, 4) is 5.69 Å². The number of alkyl halides is 6. The van der Waals surface area contributed by atoms with Crippen molar-refractivity contribution in [2.45, 2.75) is 12.4 Å². The van der Waals surface area contributed by atoms with Gasteiger partial charge in [-0.3, -0.25) is 4.79 Å². The topological polar surface area (TPSA) is 71.8 Å². The zero-order chi connectivity index (χ0) is 23.5. The monoisotopic (exact) mass is 477 g/mol. The first-order valence-corrected chi connectivity index (χ1v) is 9.31. The number of pyridine rings is 1. The van der Waals surface area contributed by atoms with Crippen molar-refractivity contribution in [1.82, 2.24) is 20.1 Å². The van der Waals surface area contributed by atoms with Gasteiger partial charge in [-0.25, -0.2) is 9.67 Å². The molecular formula is C19H14ClF6N5O. The molecule has 0 saturated heterocycles. The molecule has 32 heavy (non-hydrogen) atoms. The Morgan fingerprint density at radius 2 is 1.69 bits per heavy atom. The largest absolute Gasteiger partial charge is 0.434 e. The van der Waals surface area contributed by atoms with Crippen molar-refractivity contribution in [2.24, 2.45) is 0 Å². The van der Waals surface area contributed by atoms with Crippen LogP contribution in [0.15, 0.2) is 48.8 Å². The highest BCUT2D eigenvalue weighted by Crippen LogP contribution is 2.34. The average molecular weight is 478 g/mol. The van der Waals surface area contributed by atoms with Gasteiger partial charge in [0.2, 0.25) is 0 Å². The van der Waals surface area contributed by atoms with E-state index in [0.29, 0.717) is 9.70 Å². The summed E-state index contributed by atoms with van der Waals surface area (Å²) in [5, 5.41) is 8.60. The molecule has 0 radical (unpaired) electrons. The van der Waals surface area contributed by atoms with Gasteiger partial charge in [-0.05, 0) is 36.4 Å². The Morgan fingerprint density at radius 3 is 2.31 bits per heavy atom. The summed E-state index contributed by atoms with van der Waals surface area (Å²) in [5.74, 6) is -1.54. The summed E-state index contributed by atoms with van der Waals surface area (Å²) in [4.78, 5) is 15.9. The van der Waals surface area contributed by atoms with Crippen LogP contribution in [0, 0.1) is 0 Å². The summed E-state index contributed by atoms with van der Waals surface area (Å²) in [7, 11) is 0. The summed E-state index contributed by atoms with van der Waals surface area (Å²) < 4.78 is 80.3. The predicted molar refractivity (Wildman–Crippen MR) is 104 cm³/mol. The summed E-state index contributed by atoms with van der Waals surface area (Å²) in [6, 6.07) is 7.30. The summed E-state index contributed by atoms with van der Waals surface area (Å²) in [6.45, 7) is -0.478. The van der Waals surface area contributed by atoms with Gasteiger partial charge in [0.05, 0.1) is 23.0 Å². The Labute approximate surface area is 182 Å². The third kappa shape index (κ3) is 5.31. The van der Waals surface area contributed by atoms with E-state index in [1.165, 1.54) is 24.3 Å². The minimum absolute atomic E-state index is 0.0391. The Morgan fingerprint density at radius 1 is 1.00 bits per heavy atom. The standard InChI is InChI=1S/C19H14ClF6N5O/c20-11-3-5-12(6-4-11)31-15(19(24,25)26)13(10-30-31)17(32)29-9-8-28-16-14(18(21,22)23)2-1-7-27-16/h1-7,10H,8-9H2,(H,27,28)(H,29,32). The molecule has 0 unspecified atom stereocenters. The fourth-order valence-corrected chi connectivity index (χ4v) is 2.92. The van der Waals surface area contributed by atoms with E-state index in [-0.39, 0.29) is 18.8 Å². The third-order valence-electron chi connectivity index (χ3n) is 4.17. The van der Waals surface area contributed by atoms with E-state index < -0.39 is 40.9 Å². The second-order valence-electron chi connectivity index (χ2n) is 6.37. The molecule has 0 aliphatic carbocycles. The average Bonchev–Trinajstić information content (AvgIpc) is 3.17. The maximum absolute atomic E-state index is 13.6. The highest BCUT2D eigenvalue weighted by molar-refractivity contribution is 6.30. The molecule has 0 aliphatic heterocycles. The van der Waals surface area contributed by atoms with Crippen LogP contribution in [0.1, 0.15) is 21.6 Å². The van der Waals surface area contributed by atoms with E-state index in [0.717, 1.165) is 24.5 Å². The second-order valence-corrected chi connectivity index (χ2v) is 6.81. The first-order valence-electron chi connectivity index (χ1n) is 8.94. The Hall–Kier alpha value is -3.28. The molecule has 0 aliphatic rings. The van der Waals surface area contributed by atoms with E-state index >= 15 is 0 Å². The lowest BCUT2D eigenvalue weighted by Gasteiger charge is -2.14. The van der Waals surface area contributed by atoms with Gasteiger partial charge in [0.15, 0.2) is 5.69 Å². The van der Waals surface area contributed by atoms with Crippen LogP contribution in [-0.4, -0.2) is 33.8 Å². The third-order valence-corrected chi connectivity index (χ3v) is 4.42. The Kier molecular flexibility index (Phi) is 6.63. The molecule has 0 bridgehead atoms. The van der Waals surface area contributed by atoms with E-state index in [1.807, 2.05) is 0 Å². The molecule has 2 N–H and O–H groups in total. The number of hydrogen-bond acceptors (Lipinski definition) is 4. The number of benzene rings is 1. The summed E-state index contributed by atoms with van der Waals surface area (Å²) >= 11 is 5.75. The number of amides is 1. The van der Waals surface area contributed by atoms with E-state index in [1.54, 1.807) is 0 Å². The van der Waals surface area contributed by atoms with Crippen LogP contribution in [0.25, 0.3) is 5.69 Å². The van der Waals surface area contributed by atoms with Gasteiger partial charge < -0.3 is 10.6 Å². The number of rotatable bonds is 6. The van der Waals surface area contributed by atoms with Crippen molar-refractivity contribution in [3.63, 3.8) is 0 Å². The first kappa shape index (κ1) is 23.4. The summed E-state index contributed by atoms with van der Waals surface area (Å²) in [5.41, 5.74) is -3.00. The molecule has 0 spiro atoms. The van der Waals surface area contributed by atoms with Gasteiger partial charge in [0, 0.05) is 24.3 Å². The van der Waals surface area contributed by atoms with Gasteiger partial charge in [-0.15, -0.1) is 0 Å². The van der Waals surface area contributed by atoms with Crippen molar-refractivity contribution >= 4 is 23.3 Å². The molecule has 170 valence electrons. The quantitative estimate of drug-likeness (QED) is 0.395. The number of halogens is 7. The molecule has 1 aromatic carbocycles. The molecule has 3 aromatic rings. The van der Waals surface area contributed by atoms with Gasteiger partial charge >= 0.3 is 12.4 Å². The Balaban J connectivity index is 1.72. The normalized spacial score (nSPS) is 12.0. The SMILES string of the molecule is O=C(NCCNc1ncccc1C(F)(F)F)c1cnn(-c2ccc(Cl)cc2)c1C(F)(F)F. The van der Waals surface area contributed by atoms with E-state index in [2.05, 4.69) is 20.7 Å². The molecule has 2 aromatic heterocycles. The molecule has 1 amide bonds. The number of anilines is 1. The van der Waals surface area contributed by atoms with E-state index in [4.69, 9.17) is 11.6 Å². The molecule has 13 heteroatoms. The fourth-order valence-electron chi connectivity index (χ4n) is 2.79. The Bertz CT molecular complexity index is 1090. The lowest BCUT2D eigenvalue weighted by molar-refractivity contribution is -0.143. The van der Waals surface area contributed by atoms with Crippen LogP contribution in [-0.2, 0) is 12.4 Å². The predicted octanol–water partition coefficient (Wildman–Crippen LogP) is 4.80. The first-order chi connectivity index (χ1) is 15.0. The number of hydrogen-bond donors (Lipinski definition) is 2. The van der Waals surface area contributed by atoms with Crippen molar-refractivity contribution in [3.05, 3.63) is 70.6 Å². The van der Waals surface area contributed by atoms with Gasteiger partial charge in [0.1, 0.15) is 5.82 Å². The van der Waals surface area contributed by atoms with Crippen molar-refractivity contribution < 1.29 is 31.1 Å². The zero-order valence-electron chi connectivity index (χ0n) is 15.9. The minimum Gasteiger partial charge on any atom is -0.368 e. The molecule has 0 saturated carbocycles. The molecule has 6 nitrogen and oxygen atoms in total. The second kappa shape index (κ2) is 9.07. The fraction of sp³-hybridized carbons (Fsp3) is 0.211. The molecule has 0 atom stereocenters. The lowest BCUT2D eigenvalue weighted by atomic mass is 10.2. The molecular weight excluding hydrogens is 464 g/mol. The lowest BCUT2D eigenvalue weighted by Crippen LogP contribution is -2.31. The maximum atomic E-state index is 13.6. The number of aromatic nitrogens is 3. The number of nitrogens with zero attached hydrogens (tertiary/aromatic N) is 3. The van der Waals surface area contributed by atoms with Crippen LogP contribution in [0.3, 0.4) is 0 Å². The number of nitrogens with one attached hydrogen (secondary N) is 2. The molecule has 2 heterocycles. The van der Waals surface area contributed by atoms with Gasteiger partial charge in [-0.1, -0.05) is 11.6 Å². The van der Waals surface area contributed by atoms with Crippen LogP contribution in [0.4, 0.5) is 32.2 Å². The number of carbonyl (C=O) groups excluding carboxylic acids is 1. The van der Waals surface area contributed by atoms with Crippen molar-refractivity contribution in [1.29, 1.82) is 0 Å². The zero-order valence-corrected chi connectivity index (χ0v) is 16.7. The van der Waals surface area contributed by atoms with Crippen molar-refractivity contribution in [2.75, 3.05) is 18.4 Å². The minimum atomic E-state index is -4.91. The van der Waals surface area contributed by atoms with E-state index in [9.17, 15) is 31.1 Å². The molecule has 0 fully saturated rings. The maximum Gasteiger partial charge on any atom is 0.434 e. The van der Waals surface area contributed by atoms with Gasteiger partial charge in [-0.2, -0.15) is 31.4 Å². The van der Waals surface area contributed by atoms with Gasteiger partial charge in [0.25, 0.3) is 5.91 Å².